The average molecular weight is 513 g/mol. The van der Waals surface area contributed by atoms with Crippen molar-refractivity contribution in [1.29, 1.82) is 0 Å². The van der Waals surface area contributed by atoms with Gasteiger partial charge in [-0.05, 0) is 49.2 Å². The third-order valence-corrected chi connectivity index (χ3v) is 7.04. The zero-order valence-electron chi connectivity index (χ0n) is 21.8. The summed E-state index contributed by atoms with van der Waals surface area (Å²) in [6.07, 6.45) is 0.164. The first-order chi connectivity index (χ1) is 19.0. The lowest BCUT2D eigenvalue weighted by atomic mass is 9.99. The molecular formula is C33H28N4O2. The van der Waals surface area contributed by atoms with Gasteiger partial charge in [0.25, 0.3) is 11.1 Å². The number of rotatable bonds is 6. The van der Waals surface area contributed by atoms with Crippen molar-refractivity contribution in [3.05, 3.63) is 152 Å². The molecule has 0 saturated heterocycles. The van der Waals surface area contributed by atoms with E-state index in [2.05, 4.69) is 10.2 Å². The minimum atomic E-state index is -0.181. The van der Waals surface area contributed by atoms with E-state index in [1.165, 1.54) is 0 Å². The molecule has 0 spiro atoms. The van der Waals surface area contributed by atoms with Crippen molar-refractivity contribution < 1.29 is 0 Å². The van der Waals surface area contributed by atoms with Crippen molar-refractivity contribution in [3.8, 4) is 33.9 Å². The summed E-state index contributed by atoms with van der Waals surface area (Å²) in [4.78, 5) is 27.9. The molecule has 2 N–H and O–H groups in total. The molecule has 6 rings (SSSR count). The first-order valence-electron chi connectivity index (χ1n) is 12.9. The van der Waals surface area contributed by atoms with Gasteiger partial charge in [-0.15, -0.1) is 0 Å². The Morgan fingerprint density at radius 1 is 0.513 bits per heavy atom. The molecular weight excluding hydrogens is 484 g/mol. The third-order valence-electron chi connectivity index (χ3n) is 7.04. The van der Waals surface area contributed by atoms with Crippen LogP contribution < -0.4 is 11.1 Å². The summed E-state index contributed by atoms with van der Waals surface area (Å²) in [6, 6.07) is 35.1. The van der Waals surface area contributed by atoms with Crippen molar-refractivity contribution >= 4 is 0 Å². The molecule has 0 amide bonds. The third kappa shape index (κ3) is 4.57. The number of nitrogens with one attached hydrogen (secondary N) is 2. The molecule has 0 unspecified atom stereocenters. The largest absolute Gasteiger partial charge is 0.290 e. The fraction of sp³-hybridized carbons (Fsp3) is 0.0909. The Morgan fingerprint density at radius 3 is 1.23 bits per heavy atom. The zero-order valence-corrected chi connectivity index (χ0v) is 21.8. The summed E-state index contributed by atoms with van der Waals surface area (Å²) >= 11 is 0. The number of nitrogens with zero attached hydrogens (tertiary/aromatic N) is 2. The molecule has 0 fully saturated rings. The van der Waals surface area contributed by atoms with E-state index in [0.29, 0.717) is 22.5 Å². The van der Waals surface area contributed by atoms with Crippen LogP contribution in [0.3, 0.4) is 0 Å². The Kier molecular flexibility index (Phi) is 6.21. The lowest BCUT2D eigenvalue weighted by molar-refractivity contribution is 0.846. The highest BCUT2D eigenvalue weighted by Crippen LogP contribution is 2.27. The van der Waals surface area contributed by atoms with Gasteiger partial charge >= 0.3 is 0 Å². The lowest BCUT2D eigenvalue weighted by Crippen LogP contribution is -2.21. The number of hydrogen-bond acceptors (Lipinski definition) is 2. The van der Waals surface area contributed by atoms with Crippen LogP contribution in [0.4, 0.5) is 0 Å². The zero-order chi connectivity index (χ0) is 26.9. The van der Waals surface area contributed by atoms with E-state index >= 15 is 0 Å². The molecule has 0 saturated carbocycles. The maximum atomic E-state index is 13.9. The van der Waals surface area contributed by atoms with Gasteiger partial charge in [0.15, 0.2) is 0 Å². The van der Waals surface area contributed by atoms with Gasteiger partial charge in [-0.3, -0.25) is 19.8 Å². The highest BCUT2D eigenvalue weighted by molar-refractivity contribution is 5.67. The Labute approximate surface area is 225 Å². The maximum absolute atomic E-state index is 13.9. The van der Waals surface area contributed by atoms with Gasteiger partial charge in [0, 0.05) is 17.5 Å². The molecule has 39 heavy (non-hydrogen) atoms. The van der Waals surface area contributed by atoms with Gasteiger partial charge in [0.2, 0.25) is 0 Å². The lowest BCUT2D eigenvalue weighted by Gasteiger charge is -2.04. The van der Waals surface area contributed by atoms with E-state index in [1.807, 2.05) is 123 Å². The number of benzene rings is 4. The summed E-state index contributed by atoms with van der Waals surface area (Å²) in [7, 11) is 0. The van der Waals surface area contributed by atoms with Crippen molar-refractivity contribution in [2.24, 2.45) is 0 Å². The molecule has 2 heterocycles. The van der Waals surface area contributed by atoms with Crippen LogP contribution in [-0.2, 0) is 6.42 Å². The van der Waals surface area contributed by atoms with Crippen molar-refractivity contribution in [2.75, 3.05) is 0 Å². The van der Waals surface area contributed by atoms with Crippen LogP contribution in [0.1, 0.15) is 22.3 Å². The van der Waals surface area contributed by atoms with Crippen LogP contribution in [0.5, 0.6) is 0 Å². The second-order valence-corrected chi connectivity index (χ2v) is 9.79. The molecule has 0 radical (unpaired) electrons. The van der Waals surface area contributed by atoms with Crippen LogP contribution in [-0.4, -0.2) is 19.6 Å². The van der Waals surface area contributed by atoms with E-state index in [4.69, 9.17) is 0 Å². The normalized spacial score (nSPS) is 11.1. The molecule has 6 heteroatoms. The standard InChI is InChI=1S/C33H28N4O2/c1-22-13-17-26(18-14-22)36-32(38)28(30(34-36)24-9-5-3-6-10-24)21-29-31(25-11-7-4-8-12-25)35-37(33(29)39)27-19-15-23(2)16-20-27/h3-20,34-35H,21H2,1-2H3. The number of hydrogen-bond donors (Lipinski definition) is 2. The minimum Gasteiger partial charge on any atom is -0.290 e. The Balaban J connectivity index is 1.56. The van der Waals surface area contributed by atoms with Crippen molar-refractivity contribution in [1.82, 2.24) is 19.6 Å². The second-order valence-electron chi connectivity index (χ2n) is 9.79. The SMILES string of the molecule is Cc1ccc(-n2[nH]c(-c3ccccc3)c(Cc3c(-c4ccccc4)[nH]n(-c4ccc(C)cc4)c3=O)c2=O)cc1. The summed E-state index contributed by atoms with van der Waals surface area (Å²) in [5.41, 5.74) is 7.56. The Bertz CT molecular complexity index is 1720. The molecule has 0 atom stereocenters. The second kappa shape index (κ2) is 9.99. The topological polar surface area (TPSA) is 75.6 Å². The van der Waals surface area contributed by atoms with Crippen LogP contribution in [0, 0.1) is 13.8 Å². The summed E-state index contributed by atoms with van der Waals surface area (Å²) in [5, 5.41) is 6.66. The Hall–Kier alpha value is -5.10. The molecule has 0 aliphatic carbocycles. The average Bonchev–Trinajstić information content (AvgIpc) is 3.47. The van der Waals surface area contributed by atoms with Gasteiger partial charge in [-0.2, -0.15) is 0 Å². The number of aromatic amines is 2. The highest BCUT2D eigenvalue weighted by atomic mass is 16.1. The van der Waals surface area contributed by atoms with Crippen LogP contribution >= 0.6 is 0 Å². The number of aromatic nitrogens is 4. The fourth-order valence-corrected chi connectivity index (χ4v) is 4.89. The molecule has 0 aliphatic heterocycles. The number of aryl methyl sites for hydroxylation is 2. The monoisotopic (exact) mass is 512 g/mol. The molecule has 0 bridgehead atoms. The maximum Gasteiger partial charge on any atom is 0.275 e. The quantitative estimate of drug-likeness (QED) is 0.279. The van der Waals surface area contributed by atoms with Gasteiger partial charge < -0.3 is 0 Å². The van der Waals surface area contributed by atoms with Gasteiger partial charge in [0.1, 0.15) is 0 Å². The smallest absolute Gasteiger partial charge is 0.275 e. The Morgan fingerprint density at radius 2 is 0.872 bits per heavy atom. The first kappa shape index (κ1) is 24.2. The van der Waals surface area contributed by atoms with E-state index in [0.717, 1.165) is 33.6 Å². The van der Waals surface area contributed by atoms with Gasteiger partial charge in [-0.25, -0.2) is 9.36 Å². The first-order valence-corrected chi connectivity index (χ1v) is 12.9. The number of H-pyrrole nitrogens is 2. The molecule has 6 aromatic rings. The summed E-state index contributed by atoms with van der Waals surface area (Å²) < 4.78 is 3.12. The molecule has 192 valence electrons. The molecule has 2 aromatic heterocycles. The molecule has 6 nitrogen and oxygen atoms in total. The van der Waals surface area contributed by atoms with Crippen LogP contribution in [0.15, 0.2) is 119 Å². The molecule has 0 aliphatic rings. The van der Waals surface area contributed by atoms with Crippen molar-refractivity contribution in [2.45, 2.75) is 20.3 Å². The molecule has 4 aromatic carbocycles. The van der Waals surface area contributed by atoms with E-state index in [9.17, 15) is 9.59 Å². The van der Waals surface area contributed by atoms with E-state index in [-0.39, 0.29) is 17.5 Å². The highest BCUT2D eigenvalue weighted by Gasteiger charge is 2.23. The van der Waals surface area contributed by atoms with Gasteiger partial charge in [0.05, 0.1) is 22.8 Å². The van der Waals surface area contributed by atoms with E-state index < -0.39 is 0 Å². The fourth-order valence-electron chi connectivity index (χ4n) is 4.89. The predicted octanol–water partition coefficient (Wildman–Crippen LogP) is 6.19. The van der Waals surface area contributed by atoms with Crippen molar-refractivity contribution in [3.63, 3.8) is 0 Å². The summed E-state index contributed by atoms with van der Waals surface area (Å²) in [5.74, 6) is 0. The van der Waals surface area contributed by atoms with Crippen LogP contribution in [0.25, 0.3) is 33.9 Å². The minimum absolute atomic E-state index is 0.164. The van der Waals surface area contributed by atoms with Gasteiger partial charge in [-0.1, -0.05) is 96.1 Å². The van der Waals surface area contributed by atoms with Crippen LogP contribution in [0.2, 0.25) is 0 Å². The van der Waals surface area contributed by atoms with E-state index in [1.54, 1.807) is 9.36 Å². The summed E-state index contributed by atoms with van der Waals surface area (Å²) in [6.45, 7) is 4.02. The predicted molar refractivity (Wildman–Crippen MR) is 156 cm³/mol.